The number of Topliss-reactive ketones (excluding diaryl/α,β-unsaturated/α-hetero) is 1. The van der Waals surface area contributed by atoms with Crippen molar-refractivity contribution in [3.8, 4) is 11.3 Å². The van der Waals surface area contributed by atoms with E-state index in [1.807, 2.05) is 48.7 Å². The summed E-state index contributed by atoms with van der Waals surface area (Å²) in [6, 6.07) is 18.0. The van der Waals surface area contributed by atoms with Crippen molar-refractivity contribution in [1.29, 1.82) is 0 Å². The topological polar surface area (TPSA) is 49.3 Å². The van der Waals surface area contributed by atoms with Gasteiger partial charge in [0, 0.05) is 78.6 Å². The third kappa shape index (κ3) is 6.13. The summed E-state index contributed by atoms with van der Waals surface area (Å²) < 4.78 is 22.7. The first-order valence-corrected chi connectivity index (χ1v) is 13.2. The number of hydrogen-bond donors (Lipinski definition) is 0. The van der Waals surface area contributed by atoms with Crippen LogP contribution in [-0.4, -0.2) is 58.7 Å². The highest BCUT2D eigenvalue weighted by Crippen LogP contribution is 2.24. The van der Waals surface area contributed by atoms with E-state index in [1.165, 1.54) is 11.1 Å². The standard InChI is InChI=1S/C30H32N4OS/c1-22-5-6-24(16-27(22)18-30-32-28(21-36-30)26-4-3-11-31-19-26)17-29(35)25-9-7-23(8-10-25)20-34-14-12-33(2)13-15-34/h3-11,16,19,21H,12-15,17-18,20H2,1-2H3/i2D3. The number of aromatic nitrogens is 2. The lowest BCUT2D eigenvalue weighted by Crippen LogP contribution is -2.43. The van der Waals surface area contributed by atoms with E-state index >= 15 is 0 Å². The predicted octanol–water partition coefficient (Wildman–Crippen LogP) is 5.28. The number of pyridine rings is 1. The lowest BCUT2D eigenvalue weighted by Gasteiger charge is -2.32. The number of hydrogen-bond acceptors (Lipinski definition) is 6. The average Bonchev–Trinajstić information content (AvgIpc) is 3.40. The van der Waals surface area contributed by atoms with Crippen molar-refractivity contribution in [1.82, 2.24) is 19.8 Å². The Balaban J connectivity index is 1.18. The fraction of sp³-hybridized carbons (Fsp3) is 0.300. The molecule has 2 aromatic carbocycles. The highest BCUT2D eigenvalue weighted by molar-refractivity contribution is 7.10. The molecular formula is C30H32N4OS. The second-order valence-electron chi connectivity index (χ2n) is 9.37. The first-order valence-electron chi connectivity index (χ1n) is 13.8. The molecular weight excluding hydrogens is 464 g/mol. The maximum atomic E-state index is 13.1. The van der Waals surface area contributed by atoms with E-state index in [4.69, 9.17) is 9.10 Å². The second-order valence-corrected chi connectivity index (χ2v) is 10.3. The second kappa shape index (κ2) is 11.2. The van der Waals surface area contributed by atoms with Gasteiger partial charge in [0.05, 0.1) is 10.7 Å². The molecule has 1 fully saturated rings. The van der Waals surface area contributed by atoms with Crippen LogP contribution in [0.15, 0.2) is 72.4 Å². The number of rotatable bonds is 8. The molecule has 0 amide bonds. The molecule has 1 aliphatic heterocycles. The lowest BCUT2D eigenvalue weighted by atomic mass is 9.97. The number of piperazine rings is 1. The van der Waals surface area contributed by atoms with Crippen molar-refractivity contribution < 1.29 is 8.91 Å². The van der Waals surface area contributed by atoms with Crippen LogP contribution in [0.3, 0.4) is 0 Å². The Bertz CT molecular complexity index is 1410. The Morgan fingerprint density at radius 3 is 2.61 bits per heavy atom. The monoisotopic (exact) mass is 499 g/mol. The van der Waals surface area contributed by atoms with Gasteiger partial charge in [0.15, 0.2) is 5.78 Å². The number of aryl methyl sites for hydroxylation is 1. The quantitative estimate of drug-likeness (QED) is 0.309. The molecule has 0 bridgehead atoms. The summed E-state index contributed by atoms with van der Waals surface area (Å²) in [4.78, 5) is 25.9. The van der Waals surface area contributed by atoms with Crippen LogP contribution in [0.5, 0.6) is 0 Å². The van der Waals surface area contributed by atoms with Crippen LogP contribution in [0.2, 0.25) is 0 Å². The molecule has 6 heteroatoms. The van der Waals surface area contributed by atoms with Gasteiger partial charge in [0.2, 0.25) is 0 Å². The van der Waals surface area contributed by atoms with Gasteiger partial charge < -0.3 is 4.90 Å². The summed E-state index contributed by atoms with van der Waals surface area (Å²) in [7, 11) is 0. The highest BCUT2D eigenvalue weighted by Gasteiger charge is 2.15. The van der Waals surface area contributed by atoms with Gasteiger partial charge in [0.1, 0.15) is 0 Å². The van der Waals surface area contributed by atoms with Crippen LogP contribution in [0.25, 0.3) is 11.3 Å². The Kier molecular flexibility index (Phi) is 6.55. The summed E-state index contributed by atoms with van der Waals surface area (Å²) >= 11 is 1.64. The fourth-order valence-corrected chi connectivity index (χ4v) is 5.30. The van der Waals surface area contributed by atoms with Gasteiger partial charge in [-0.25, -0.2) is 4.98 Å². The molecule has 1 saturated heterocycles. The molecule has 0 aliphatic carbocycles. The first kappa shape index (κ1) is 20.9. The smallest absolute Gasteiger partial charge is 0.167 e. The van der Waals surface area contributed by atoms with E-state index in [-0.39, 0.29) is 5.78 Å². The fourth-order valence-electron chi connectivity index (χ4n) is 4.47. The molecule has 1 aliphatic rings. The van der Waals surface area contributed by atoms with E-state index < -0.39 is 6.98 Å². The van der Waals surface area contributed by atoms with Crippen LogP contribution in [0.4, 0.5) is 0 Å². The largest absolute Gasteiger partial charge is 0.304 e. The summed E-state index contributed by atoms with van der Waals surface area (Å²) in [5.41, 5.74) is 7.15. The zero-order valence-electron chi connectivity index (χ0n) is 23.5. The number of likely N-dealkylation sites (N-methyl/N-ethyl adjacent to an activating group) is 1. The number of thiazole rings is 1. The Hall–Kier alpha value is -3.19. The van der Waals surface area contributed by atoms with Gasteiger partial charge in [-0.2, -0.15) is 0 Å². The van der Waals surface area contributed by atoms with E-state index in [1.54, 1.807) is 22.4 Å². The molecule has 0 spiro atoms. The van der Waals surface area contributed by atoms with Crippen LogP contribution in [0.1, 0.15) is 41.7 Å². The van der Waals surface area contributed by atoms with E-state index in [2.05, 4.69) is 34.3 Å². The number of carbonyl (C=O) groups is 1. The molecule has 5 rings (SSSR count). The van der Waals surface area contributed by atoms with Crippen molar-refractivity contribution >= 4 is 17.1 Å². The zero-order valence-corrected chi connectivity index (χ0v) is 21.3. The van der Waals surface area contributed by atoms with E-state index in [0.717, 1.165) is 53.4 Å². The lowest BCUT2D eigenvalue weighted by molar-refractivity contribution is 0.0993. The number of ketones is 1. The van der Waals surface area contributed by atoms with Gasteiger partial charge in [0.25, 0.3) is 0 Å². The first-order chi connectivity index (χ1) is 18.7. The minimum Gasteiger partial charge on any atom is -0.304 e. The molecule has 0 N–H and O–H groups in total. The third-order valence-corrected chi connectivity index (χ3v) is 7.53. The molecule has 0 saturated carbocycles. The number of carbonyl (C=O) groups excluding carboxylic acids is 1. The Labute approximate surface area is 221 Å². The zero-order chi connectivity index (χ0) is 27.4. The number of benzene rings is 2. The molecule has 0 unspecified atom stereocenters. The maximum absolute atomic E-state index is 13.1. The maximum Gasteiger partial charge on any atom is 0.167 e. The Morgan fingerprint density at radius 1 is 1.06 bits per heavy atom. The summed E-state index contributed by atoms with van der Waals surface area (Å²) in [6.07, 6.45) is 4.67. The molecule has 5 nitrogen and oxygen atoms in total. The molecule has 2 aromatic heterocycles. The van der Waals surface area contributed by atoms with Gasteiger partial charge in [-0.3, -0.25) is 14.7 Å². The van der Waals surface area contributed by atoms with Crippen molar-refractivity contribution in [2.75, 3.05) is 33.2 Å². The minimum absolute atomic E-state index is 0.0933. The van der Waals surface area contributed by atoms with Crippen LogP contribution >= 0.6 is 11.3 Å². The molecule has 0 atom stereocenters. The van der Waals surface area contributed by atoms with Gasteiger partial charge >= 0.3 is 0 Å². The summed E-state index contributed by atoms with van der Waals surface area (Å²) in [6.45, 7) is 3.36. The Morgan fingerprint density at radius 2 is 1.86 bits per heavy atom. The average molecular weight is 500 g/mol. The summed E-state index contributed by atoms with van der Waals surface area (Å²) in [5, 5.41) is 3.10. The van der Waals surface area contributed by atoms with E-state index in [0.29, 0.717) is 25.1 Å². The third-order valence-electron chi connectivity index (χ3n) is 6.68. The highest BCUT2D eigenvalue weighted by atomic mass is 32.1. The predicted molar refractivity (Wildman–Crippen MR) is 147 cm³/mol. The molecule has 0 radical (unpaired) electrons. The molecule has 4 aromatic rings. The van der Waals surface area contributed by atoms with Gasteiger partial charge in [-0.05, 0) is 48.3 Å². The minimum atomic E-state index is -2.02. The SMILES string of the molecule is [2H]C([2H])([2H])N1CCN(Cc2ccc(C(=O)Cc3ccc(C)c(Cc4nc(-c5cccnc5)cs4)c3)cc2)CC1. The van der Waals surface area contributed by atoms with Crippen molar-refractivity contribution in [2.45, 2.75) is 26.3 Å². The number of nitrogens with zero attached hydrogens (tertiary/aromatic N) is 4. The normalized spacial score (nSPS) is 16.3. The molecule has 3 heterocycles. The van der Waals surface area contributed by atoms with Gasteiger partial charge in [-0.1, -0.05) is 42.5 Å². The molecule has 184 valence electrons. The van der Waals surface area contributed by atoms with Crippen LogP contribution in [-0.2, 0) is 19.4 Å². The van der Waals surface area contributed by atoms with Crippen LogP contribution in [0, 0.1) is 6.92 Å². The van der Waals surface area contributed by atoms with Crippen LogP contribution < -0.4 is 0 Å². The van der Waals surface area contributed by atoms with Crippen molar-refractivity contribution in [3.05, 3.63) is 105 Å². The van der Waals surface area contributed by atoms with Crippen molar-refractivity contribution in [3.63, 3.8) is 0 Å². The van der Waals surface area contributed by atoms with Gasteiger partial charge in [-0.15, -0.1) is 11.3 Å². The van der Waals surface area contributed by atoms with Crippen molar-refractivity contribution in [2.24, 2.45) is 0 Å². The summed E-state index contributed by atoms with van der Waals surface area (Å²) in [5.74, 6) is 0.0933. The molecule has 36 heavy (non-hydrogen) atoms. The van der Waals surface area contributed by atoms with E-state index in [9.17, 15) is 4.79 Å².